The Balaban J connectivity index is 0.000000162. The maximum Gasteiger partial charge on any atom is 0.262 e. The summed E-state index contributed by atoms with van der Waals surface area (Å²) < 4.78 is 7.84. The second-order valence-electron chi connectivity index (χ2n) is 8.89. The standard InChI is InChI=1S/C16H12BrN3O2.C14H14O/c1-20-15(22)12-8-7-11(17)9-13(12)18-16(20)19-14(21)10-5-3-2-4-6-10;1-2-5-12-10-13(8-7-11(12)4-1)14-6-3-9-15-14/h2-9H,1H3,(H,18,19,21);1-2,4-5,7-8,10,14H,3,6,9H2/t;14-/m.0/s1. The summed E-state index contributed by atoms with van der Waals surface area (Å²) in [5.74, 6) is -0.0955. The van der Waals surface area contributed by atoms with Crippen LogP contribution >= 0.6 is 15.9 Å². The smallest absolute Gasteiger partial charge is 0.262 e. The minimum absolute atomic E-state index is 0.208. The van der Waals surface area contributed by atoms with Crippen molar-refractivity contribution in [3.8, 4) is 0 Å². The molecule has 0 aliphatic carbocycles. The molecule has 7 heteroatoms. The van der Waals surface area contributed by atoms with E-state index < -0.39 is 0 Å². The molecular weight excluding hydrogens is 530 g/mol. The number of aromatic nitrogens is 2. The van der Waals surface area contributed by atoms with E-state index >= 15 is 0 Å². The molecule has 2 heterocycles. The van der Waals surface area contributed by atoms with E-state index in [9.17, 15) is 9.59 Å². The lowest BCUT2D eigenvalue weighted by molar-refractivity contribution is 0.102. The number of halogens is 1. The number of rotatable bonds is 3. The maximum absolute atomic E-state index is 12.3. The maximum atomic E-state index is 12.3. The fourth-order valence-electron chi connectivity index (χ4n) is 4.37. The summed E-state index contributed by atoms with van der Waals surface area (Å²) in [6.07, 6.45) is 2.69. The molecule has 186 valence electrons. The fraction of sp³-hybridized carbons (Fsp3) is 0.167. The lowest BCUT2D eigenvalue weighted by Gasteiger charge is -2.10. The molecule has 1 atom stereocenters. The predicted octanol–water partition coefficient (Wildman–Crippen LogP) is 6.64. The zero-order chi connectivity index (χ0) is 25.8. The van der Waals surface area contributed by atoms with Crippen LogP contribution in [0.2, 0.25) is 0 Å². The molecule has 6 nitrogen and oxygen atoms in total. The lowest BCUT2D eigenvalue weighted by atomic mass is 10.0. The molecule has 0 spiro atoms. The van der Waals surface area contributed by atoms with Crippen molar-refractivity contribution in [2.24, 2.45) is 7.05 Å². The van der Waals surface area contributed by atoms with E-state index in [1.54, 1.807) is 49.5 Å². The predicted molar refractivity (Wildman–Crippen MR) is 151 cm³/mol. The average Bonchev–Trinajstić information content (AvgIpc) is 3.47. The van der Waals surface area contributed by atoms with Crippen LogP contribution in [0.1, 0.15) is 34.9 Å². The van der Waals surface area contributed by atoms with Crippen LogP contribution in [0, 0.1) is 0 Å². The summed E-state index contributed by atoms with van der Waals surface area (Å²) in [6.45, 7) is 0.914. The summed E-state index contributed by atoms with van der Waals surface area (Å²) in [7, 11) is 1.58. The van der Waals surface area contributed by atoms with Crippen LogP contribution in [-0.4, -0.2) is 22.1 Å². The second kappa shape index (κ2) is 11.1. The number of hydrogen-bond donors (Lipinski definition) is 1. The minimum atomic E-state index is -0.308. The quantitative estimate of drug-likeness (QED) is 0.271. The van der Waals surface area contributed by atoms with Gasteiger partial charge in [-0.2, -0.15) is 0 Å². The van der Waals surface area contributed by atoms with Crippen molar-refractivity contribution < 1.29 is 9.53 Å². The van der Waals surface area contributed by atoms with E-state index in [1.807, 2.05) is 6.07 Å². The van der Waals surface area contributed by atoms with Gasteiger partial charge in [-0.15, -0.1) is 0 Å². The fourth-order valence-corrected chi connectivity index (χ4v) is 4.72. The molecule has 37 heavy (non-hydrogen) atoms. The van der Waals surface area contributed by atoms with E-state index in [1.165, 1.54) is 33.7 Å². The van der Waals surface area contributed by atoms with Crippen LogP contribution in [-0.2, 0) is 11.8 Å². The third-order valence-corrected chi connectivity index (χ3v) is 6.87. The number of nitrogens with zero attached hydrogens (tertiary/aromatic N) is 2. The average molecular weight is 556 g/mol. The van der Waals surface area contributed by atoms with Gasteiger partial charge in [-0.3, -0.25) is 19.5 Å². The third-order valence-electron chi connectivity index (χ3n) is 6.38. The van der Waals surface area contributed by atoms with E-state index in [0.29, 0.717) is 22.6 Å². The number of amides is 1. The van der Waals surface area contributed by atoms with Crippen molar-refractivity contribution in [2.75, 3.05) is 11.9 Å². The number of carbonyl (C=O) groups excluding carboxylic acids is 1. The summed E-state index contributed by atoms with van der Waals surface area (Å²) in [5, 5.41) is 5.80. The van der Waals surface area contributed by atoms with Gasteiger partial charge in [0.1, 0.15) is 0 Å². The van der Waals surface area contributed by atoms with Crippen molar-refractivity contribution in [2.45, 2.75) is 18.9 Å². The van der Waals surface area contributed by atoms with Gasteiger partial charge in [0, 0.05) is 23.7 Å². The van der Waals surface area contributed by atoms with Gasteiger partial charge in [0.2, 0.25) is 5.95 Å². The minimum Gasteiger partial charge on any atom is -0.374 e. The molecular formula is C30H26BrN3O3. The highest BCUT2D eigenvalue weighted by Crippen LogP contribution is 2.30. The Morgan fingerprint density at radius 3 is 2.49 bits per heavy atom. The van der Waals surface area contributed by atoms with Gasteiger partial charge in [0.25, 0.3) is 11.5 Å². The number of ether oxygens (including phenoxy) is 1. The molecule has 0 unspecified atom stereocenters. The van der Waals surface area contributed by atoms with Crippen molar-refractivity contribution in [3.63, 3.8) is 0 Å². The van der Waals surface area contributed by atoms with E-state index in [4.69, 9.17) is 4.74 Å². The van der Waals surface area contributed by atoms with Gasteiger partial charge in [0.05, 0.1) is 17.0 Å². The first-order valence-corrected chi connectivity index (χ1v) is 12.9. The molecule has 1 N–H and O–H groups in total. The highest BCUT2D eigenvalue weighted by Gasteiger charge is 2.17. The largest absolute Gasteiger partial charge is 0.374 e. The Labute approximate surface area is 223 Å². The molecule has 1 aliphatic rings. The number of benzene rings is 4. The van der Waals surface area contributed by atoms with E-state index in [0.717, 1.165) is 11.1 Å². The van der Waals surface area contributed by atoms with Crippen LogP contribution in [0.5, 0.6) is 0 Å². The Kier molecular flexibility index (Phi) is 7.44. The number of hydrogen-bond acceptors (Lipinski definition) is 4. The SMILES string of the molecule is Cn1c(NC(=O)c2ccccc2)nc2cc(Br)ccc2c1=O.c1ccc2cc([C@@H]3CCCO3)ccc2c1. The first kappa shape index (κ1) is 24.9. The molecule has 1 fully saturated rings. The highest BCUT2D eigenvalue weighted by atomic mass is 79.9. The zero-order valence-electron chi connectivity index (χ0n) is 20.4. The molecule has 0 saturated carbocycles. The molecule has 1 aliphatic heterocycles. The molecule has 0 radical (unpaired) electrons. The number of carbonyl (C=O) groups is 1. The monoisotopic (exact) mass is 555 g/mol. The first-order chi connectivity index (χ1) is 18.0. The van der Waals surface area contributed by atoms with E-state index in [2.05, 4.69) is 68.7 Å². The Morgan fingerprint density at radius 2 is 1.73 bits per heavy atom. The van der Waals surface area contributed by atoms with Gasteiger partial charge in [-0.05, 0) is 65.6 Å². The van der Waals surface area contributed by atoms with Crippen LogP contribution in [0.25, 0.3) is 21.7 Å². The summed E-state index contributed by atoms with van der Waals surface area (Å²) in [6, 6.07) is 29.1. The molecule has 4 aromatic carbocycles. The molecule has 1 saturated heterocycles. The van der Waals surface area contributed by atoms with Crippen LogP contribution in [0.15, 0.2) is 100 Å². The van der Waals surface area contributed by atoms with Crippen molar-refractivity contribution in [1.82, 2.24) is 9.55 Å². The molecule has 5 aromatic rings. The van der Waals surface area contributed by atoms with Crippen LogP contribution in [0.4, 0.5) is 5.95 Å². The van der Waals surface area contributed by atoms with Gasteiger partial charge in [-0.25, -0.2) is 4.98 Å². The Morgan fingerprint density at radius 1 is 0.973 bits per heavy atom. The summed E-state index contributed by atoms with van der Waals surface area (Å²) in [4.78, 5) is 28.9. The number of anilines is 1. The van der Waals surface area contributed by atoms with E-state index in [-0.39, 0.29) is 17.4 Å². The summed E-state index contributed by atoms with van der Waals surface area (Å²) in [5.41, 5.74) is 2.15. The Bertz CT molecular complexity index is 1630. The van der Waals surface area contributed by atoms with Crippen molar-refractivity contribution in [1.29, 1.82) is 0 Å². The van der Waals surface area contributed by atoms with Gasteiger partial charge >= 0.3 is 0 Å². The molecule has 1 aromatic heterocycles. The number of fused-ring (bicyclic) bond motifs is 2. The molecule has 0 bridgehead atoms. The Hall–Kier alpha value is -3.81. The van der Waals surface area contributed by atoms with Crippen molar-refractivity contribution >= 4 is 49.5 Å². The normalized spacial score (nSPS) is 14.8. The topological polar surface area (TPSA) is 73.2 Å². The molecule has 1 amide bonds. The van der Waals surface area contributed by atoms with Crippen LogP contribution in [0.3, 0.4) is 0 Å². The first-order valence-electron chi connectivity index (χ1n) is 12.1. The van der Waals surface area contributed by atoms with Crippen LogP contribution < -0.4 is 10.9 Å². The summed E-state index contributed by atoms with van der Waals surface area (Å²) >= 11 is 3.35. The van der Waals surface area contributed by atoms with Crippen molar-refractivity contribution in [3.05, 3.63) is 117 Å². The second-order valence-corrected chi connectivity index (χ2v) is 9.81. The molecule has 6 rings (SSSR count). The lowest BCUT2D eigenvalue weighted by Crippen LogP contribution is -2.25. The van der Waals surface area contributed by atoms with Gasteiger partial charge in [0.15, 0.2) is 0 Å². The zero-order valence-corrected chi connectivity index (χ0v) is 21.9. The van der Waals surface area contributed by atoms with Gasteiger partial charge in [-0.1, -0.05) is 70.5 Å². The third kappa shape index (κ3) is 5.63. The highest BCUT2D eigenvalue weighted by molar-refractivity contribution is 9.10. The van der Waals surface area contributed by atoms with Gasteiger partial charge < -0.3 is 4.74 Å². The number of nitrogens with one attached hydrogen (secondary N) is 1.